The molecule has 3 aliphatic heterocycles. The zero-order valence-electron chi connectivity index (χ0n) is 77.5. The molecule has 32 nitrogen and oxygen atoms in total. The highest BCUT2D eigenvalue weighted by atomic mass is 35.5. The molecule has 11 heterocycles. The van der Waals surface area contributed by atoms with E-state index in [1.807, 2.05) is 101 Å². The molecule has 8 aromatic heterocycles. The number of likely N-dealkylation sites (tertiary alicyclic amines) is 1. The molecule has 0 spiro atoms. The number of hydrogen-bond acceptors (Lipinski definition) is 20. The Kier molecular flexibility index (Phi) is 37.2. The van der Waals surface area contributed by atoms with Gasteiger partial charge in [0.25, 0.3) is 0 Å². The van der Waals surface area contributed by atoms with E-state index in [2.05, 4.69) is 114 Å². The van der Waals surface area contributed by atoms with Crippen LogP contribution in [0.5, 0.6) is 0 Å². The summed E-state index contributed by atoms with van der Waals surface area (Å²) in [4.78, 5) is 54.6. The minimum Gasteiger partial charge on any atom is -0.381 e. The Hall–Kier alpha value is -12.9. The molecule has 2 atom stereocenters. The number of thiocarbonyl (C=S) groups is 4. The number of aryl methyl sites for hydroxylation is 5. The first-order valence-corrected chi connectivity index (χ1v) is 47.1. The number of nitrogens with two attached hydrogens (primary N) is 4. The Bertz CT molecular complexity index is 6580. The number of imidazole rings is 4. The third-order valence-electron chi connectivity index (χ3n) is 24.0. The molecule has 0 aliphatic carbocycles. The largest absolute Gasteiger partial charge is 0.381 e. The zero-order chi connectivity index (χ0) is 97.1. The van der Waals surface area contributed by atoms with Gasteiger partial charge in [0.1, 0.15) is 5.82 Å². The lowest BCUT2D eigenvalue weighted by Crippen LogP contribution is -2.41. The number of halogens is 3. The van der Waals surface area contributed by atoms with Gasteiger partial charge in [-0.2, -0.15) is 20.4 Å². The van der Waals surface area contributed by atoms with Gasteiger partial charge in [0.2, 0.25) is 26.2 Å². The van der Waals surface area contributed by atoms with Gasteiger partial charge in [0, 0.05) is 165 Å². The van der Waals surface area contributed by atoms with E-state index in [0.29, 0.717) is 123 Å². The molecular weight excluding hydrogens is 1840 g/mol. The second-order valence-corrected chi connectivity index (χ2v) is 35.8. The molecule has 12 aromatic rings. The van der Waals surface area contributed by atoms with Crippen LogP contribution in [-0.4, -0.2) is 251 Å². The molecule has 3 saturated heterocycles. The van der Waals surface area contributed by atoms with Gasteiger partial charge in [-0.25, -0.2) is 90.6 Å². The molecule has 3 fully saturated rings. The minimum absolute atomic E-state index is 0.173. The predicted molar refractivity (Wildman–Crippen MR) is 556 cm³/mol. The van der Waals surface area contributed by atoms with Gasteiger partial charge in [-0.3, -0.25) is 0 Å². The fourth-order valence-electron chi connectivity index (χ4n) is 16.2. The molecule has 39 heteroatoms. The molecular formula is C97H111Cl2FN30O2S4. The Morgan fingerprint density at radius 3 is 1.18 bits per heavy atom. The first-order chi connectivity index (χ1) is 65.7. The molecule has 8 N–H and O–H groups in total. The smallest absolute Gasteiger partial charge is 0.218 e. The summed E-state index contributed by atoms with van der Waals surface area (Å²) in [5.74, 6) is 0.345. The van der Waals surface area contributed by atoms with E-state index in [0.717, 1.165) is 207 Å². The summed E-state index contributed by atoms with van der Waals surface area (Å²) in [7, 11) is 9.78. The lowest BCUT2D eigenvalue weighted by Gasteiger charge is -2.26. The summed E-state index contributed by atoms with van der Waals surface area (Å²) < 4.78 is 33.3. The van der Waals surface area contributed by atoms with Crippen LogP contribution in [-0.2, 0) is 63.3 Å². The molecule has 0 radical (unpaired) electrons. The van der Waals surface area contributed by atoms with Crippen molar-refractivity contribution in [2.75, 3.05) is 112 Å². The molecule has 15 rings (SSSR count). The van der Waals surface area contributed by atoms with E-state index < -0.39 is 0 Å². The quantitative estimate of drug-likeness (QED) is 0.0132. The maximum atomic E-state index is 14.7. The number of ether oxygens (including phenoxy) is 2. The third kappa shape index (κ3) is 27.1. The molecule has 706 valence electrons. The molecule has 2 unspecified atom stereocenters. The first kappa shape index (κ1) is 102. The Labute approximate surface area is 823 Å². The lowest BCUT2D eigenvalue weighted by molar-refractivity contribution is 0.0600. The van der Waals surface area contributed by atoms with Crippen molar-refractivity contribution in [1.29, 1.82) is 0 Å². The summed E-state index contributed by atoms with van der Waals surface area (Å²) in [6.45, 7) is 45.7. The van der Waals surface area contributed by atoms with Gasteiger partial charge in [-0.05, 0) is 228 Å². The van der Waals surface area contributed by atoms with Crippen LogP contribution in [0.3, 0.4) is 0 Å². The van der Waals surface area contributed by atoms with Crippen LogP contribution in [0.2, 0.25) is 10.0 Å². The standard InChI is InChI=1S/C26H34N8S.C24H27ClN8S.C24H26ClN7OS.C23H24FN7OS/c1-6-33(7-2)11-8-12-34(26(27)35)30-16-21-15-24(25-17-29-18-32(25)5)31-23-13-19(3)20(9-10-28-4)14-22(21)23;1-27-7-6-16-9-19-17(12-29-33(24(26)34)14-18-5-4-8-31(18)2)10-22(23-13-28-15-32(23)3)30-21(19)11-20(16)25;1-27-6-3-17-9-19-18(12-29-32(24(26)34)14-16-4-7-33-8-5-16)10-22(23-13-28-15-31(23)2)30-21(19)11-20(17)25;1-26-5-3-16-7-18-17(10-28-31(23(25)33)12-15-4-6-32-13-15)8-21(22-11-27-14-30(22)2)29-20(18)9-19(16)24/h13-18H,6-12H2,1-3,5H3,(H2,27,35);9-13,15,18H,4-8,14H2,2-3H3,(H2,26,34);9-13,15-16H,3-8,14H2,2H3,(H2,26,34);7-11,14-15H,3-6,12-13H2,2H3,(H2,25,33)/b30-16+;2*29-12+;28-10+. The maximum absolute atomic E-state index is 14.7. The van der Waals surface area contributed by atoms with Gasteiger partial charge in [-0.15, -0.1) is 0 Å². The van der Waals surface area contributed by atoms with E-state index in [-0.39, 0.29) is 32.8 Å². The molecule has 0 amide bonds. The third-order valence-corrected chi connectivity index (χ3v) is 25.5. The maximum Gasteiger partial charge on any atom is 0.218 e. The van der Waals surface area contributed by atoms with E-state index in [9.17, 15) is 4.39 Å². The van der Waals surface area contributed by atoms with Crippen molar-refractivity contribution >= 4 is 161 Å². The average Bonchev–Trinajstić information content (AvgIpc) is 1.72. The molecule has 3 aliphatic rings. The lowest BCUT2D eigenvalue weighted by atomic mass is 9.99. The number of hydrogen-bond donors (Lipinski definition) is 4. The van der Waals surface area contributed by atoms with E-state index in [4.69, 9.17) is 146 Å². The number of benzene rings is 4. The van der Waals surface area contributed by atoms with E-state index >= 15 is 0 Å². The highest BCUT2D eigenvalue weighted by molar-refractivity contribution is 7.80. The van der Waals surface area contributed by atoms with Gasteiger partial charge in [-0.1, -0.05) is 37.0 Å². The highest BCUT2D eigenvalue weighted by Crippen LogP contribution is 2.35. The first-order valence-electron chi connectivity index (χ1n) is 44.7. The molecule has 136 heavy (non-hydrogen) atoms. The van der Waals surface area contributed by atoms with Crippen LogP contribution >= 0.6 is 72.1 Å². The van der Waals surface area contributed by atoms with Crippen LogP contribution in [0.15, 0.2) is 143 Å². The van der Waals surface area contributed by atoms with Gasteiger partial charge in [0.15, 0.2) is 20.4 Å². The topological polar surface area (TPSA) is 332 Å². The summed E-state index contributed by atoms with van der Waals surface area (Å²) in [5.41, 5.74) is 41.1. The van der Waals surface area contributed by atoms with Crippen LogP contribution in [0.1, 0.15) is 102 Å². The monoisotopic (exact) mass is 1940 g/mol. The number of hydrazone groups is 4. The van der Waals surface area contributed by atoms with Crippen molar-refractivity contribution in [2.45, 2.75) is 91.0 Å². The highest BCUT2D eigenvalue weighted by Gasteiger charge is 2.27. The fraction of sp³-hybridized carbons (Fsp3) is 0.381. The van der Waals surface area contributed by atoms with Crippen LogP contribution in [0.25, 0.3) is 109 Å². The summed E-state index contributed by atoms with van der Waals surface area (Å²) in [6, 6.07) is 23.3. The van der Waals surface area contributed by atoms with Gasteiger partial charge >= 0.3 is 0 Å². The number of aromatic nitrogens is 12. The van der Waals surface area contributed by atoms with Crippen molar-refractivity contribution in [3.63, 3.8) is 0 Å². The van der Waals surface area contributed by atoms with Crippen LogP contribution in [0, 0.1) is 50.9 Å². The minimum atomic E-state index is -0.380. The normalized spacial score (nSPS) is 14.5. The van der Waals surface area contributed by atoms with Gasteiger partial charge in [0.05, 0.1) is 156 Å². The van der Waals surface area contributed by atoms with Crippen molar-refractivity contribution in [1.82, 2.24) is 88.0 Å². The second-order valence-electron chi connectivity index (χ2n) is 33.3. The van der Waals surface area contributed by atoms with Crippen molar-refractivity contribution in [2.24, 2.45) is 83.4 Å². The van der Waals surface area contributed by atoms with Crippen LogP contribution < -0.4 is 22.9 Å². The molecule has 0 bridgehead atoms. The van der Waals surface area contributed by atoms with E-state index in [1.165, 1.54) is 6.07 Å². The summed E-state index contributed by atoms with van der Waals surface area (Å²) in [6.07, 6.45) is 29.2. The average molecular weight is 1950 g/mol. The Morgan fingerprint density at radius 2 is 0.816 bits per heavy atom. The predicted octanol–water partition coefficient (Wildman–Crippen LogP) is 14.9. The number of nitrogens with zero attached hydrogens (tertiary/aromatic N) is 26. The fourth-order valence-corrected chi connectivity index (χ4v) is 17.2. The molecule has 0 saturated carbocycles. The number of pyridine rings is 4. The second kappa shape index (κ2) is 49.6. The van der Waals surface area contributed by atoms with Crippen molar-refractivity contribution < 1.29 is 13.9 Å². The van der Waals surface area contributed by atoms with Crippen LogP contribution in [0.4, 0.5) is 4.39 Å². The Morgan fingerprint density at radius 1 is 0.463 bits per heavy atom. The number of rotatable bonds is 32. The number of likely N-dealkylation sites (N-methyl/N-ethyl adjacent to an activating group) is 1. The van der Waals surface area contributed by atoms with E-state index in [1.54, 1.807) is 94.8 Å². The zero-order valence-corrected chi connectivity index (χ0v) is 82.3. The van der Waals surface area contributed by atoms with Gasteiger partial charge < -0.3 is 79.9 Å². The SMILES string of the molecule is [C-]#[N+]CCc1cc2c(/C=N/N(CC3CCCN3C)C(N)=S)cc(-c3cncn3C)nc2cc1Cl.[C-]#[N+]CCc1cc2c(/C=N/N(CC3CCOC3)C(N)=S)cc(-c3cncn3C)nc2cc1F.[C-]#[N+]CCc1cc2c(/C=N/N(CC3CCOCC3)C(N)=S)cc(-c3cncn3C)nc2cc1Cl.[C-]#[N+]CCc1cc2c(/C=N/N(CCCN(CC)CC)C(N)=S)cc(-c3cncn3C)nc2cc1C. The number of fused-ring (bicyclic) bond motifs is 4. The van der Waals surface area contributed by atoms with Crippen molar-refractivity contribution in [3.05, 3.63) is 234 Å². The van der Waals surface area contributed by atoms with Crippen molar-refractivity contribution in [3.8, 4) is 45.6 Å². The summed E-state index contributed by atoms with van der Waals surface area (Å²) >= 11 is 34.1. The summed E-state index contributed by atoms with van der Waals surface area (Å²) in [5, 5.41) is 30.8. The Balaban J connectivity index is 0.000000163. The molecule has 4 aromatic carbocycles.